The third-order valence-corrected chi connectivity index (χ3v) is 2.01. The van der Waals surface area contributed by atoms with Crippen molar-refractivity contribution in [3.63, 3.8) is 0 Å². The van der Waals surface area contributed by atoms with Gasteiger partial charge in [-0.1, -0.05) is 13.8 Å². The number of nitrogens with zero attached hydrogens (tertiary/aromatic N) is 2. The molecule has 0 unspecified atom stereocenters. The van der Waals surface area contributed by atoms with Crippen molar-refractivity contribution in [3.8, 4) is 0 Å². The van der Waals surface area contributed by atoms with E-state index in [-0.39, 0.29) is 5.91 Å². The normalized spacial score (nSPS) is 10.3. The molecule has 0 spiro atoms. The van der Waals surface area contributed by atoms with Crippen LogP contribution in [0, 0.1) is 5.92 Å². The van der Waals surface area contributed by atoms with Crippen LogP contribution in [0.3, 0.4) is 0 Å². The Hall–Kier alpha value is -1.38. The van der Waals surface area contributed by atoms with E-state index in [2.05, 4.69) is 4.98 Å². The number of rotatable bonds is 3. The minimum Gasteiger partial charge on any atom is -0.315 e. The smallest absolute Gasteiger partial charge is 0.226 e. The number of carbonyl (C=O) groups excluding carboxylic acids is 1. The number of pyridine rings is 1. The van der Waals surface area contributed by atoms with Gasteiger partial charge in [-0.25, -0.2) is 0 Å². The maximum atomic E-state index is 11.7. The monoisotopic (exact) mass is 192 g/mol. The summed E-state index contributed by atoms with van der Waals surface area (Å²) in [6.45, 7) is 4.08. The Morgan fingerprint density at radius 2 is 2.00 bits per heavy atom. The molecule has 1 rings (SSSR count). The molecule has 14 heavy (non-hydrogen) atoms. The van der Waals surface area contributed by atoms with E-state index >= 15 is 0 Å². The molecule has 0 aliphatic carbocycles. The molecule has 76 valence electrons. The minimum atomic E-state index is 0.145. The summed E-state index contributed by atoms with van der Waals surface area (Å²) in [5.41, 5.74) is 0.894. The largest absolute Gasteiger partial charge is 0.315 e. The van der Waals surface area contributed by atoms with E-state index in [1.54, 1.807) is 24.3 Å². The Labute approximate surface area is 84.8 Å². The van der Waals surface area contributed by atoms with E-state index in [0.717, 1.165) is 5.69 Å². The maximum Gasteiger partial charge on any atom is 0.226 e. The van der Waals surface area contributed by atoms with Crippen LogP contribution in [0.25, 0.3) is 0 Å². The zero-order valence-electron chi connectivity index (χ0n) is 8.90. The lowest BCUT2D eigenvalue weighted by Gasteiger charge is -2.17. The van der Waals surface area contributed by atoms with Crippen LogP contribution in [0.2, 0.25) is 0 Å². The SMILES string of the molecule is CC(C)CC(=O)N(C)c1ccncc1. The van der Waals surface area contributed by atoms with Crippen molar-refractivity contribution in [2.45, 2.75) is 20.3 Å². The molecule has 1 heterocycles. The molecule has 0 aliphatic heterocycles. The topological polar surface area (TPSA) is 33.2 Å². The van der Waals surface area contributed by atoms with Crippen LogP contribution in [-0.4, -0.2) is 17.9 Å². The third-order valence-electron chi connectivity index (χ3n) is 2.01. The second-order valence-corrected chi connectivity index (χ2v) is 3.76. The summed E-state index contributed by atoms with van der Waals surface area (Å²) < 4.78 is 0. The maximum absolute atomic E-state index is 11.7. The highest BCUT2D eigenvalue weighted by molar-refractivity contribution is 5.92. The van der Waals surface area contributed by atoms with Gasteiger partial charge in [0.2, 0.25) is 5.91 Å². The lowest BCUT2D eigenvalue weighted by Crippen LogP contribution is -2.27. The van der Waals surface area contributed by atoms with Crippen LogP contribution in [0.5, 0.6) is 0 Å². The molecule has 0 atom stereocenters. The number of anilines is 1. The summed E-state index contributed by atoms with van der Waals surface area (Å²) in [6, 6.07) is 3.66. The number of hydrogen-bond donors (Lipinski definition) is 0. The van der Waals surface area contributed by atoms with E-state index in [1.807, 2.05) is 26.0 Å². The molecule has 3 heteroatoms. The van der Waals surface area contributed by atoms with Crippen molar-refractivity contribution in [2.75, 3.05) is 11.9 Å². The van der Waals surface area contributed by atoms with Gasteiger partial charge in [-0.15, -0.1) is 0 Å². The number of hydrogen-bond acceptors (Lipinski definition) is 2. The summed E-state index contributed by atoms with van der Waals surface area (Å²) in [7, 11) is 1.79. The lowest BCUT2D eigenvalue weighted by atomic mass is 10.1. The Bertz CT molecular complexity index is 295. The standard InChI is InChI=1S/C11H16N2O/c1-9(2)8-11(14)13(3)10-4-6-12-7-5-10/h4-7,9H,8H2,1-3H3. The van der Waals surface area contributed by atoms with Gasteiger partial charge in [0.05, 0.1) is 0 Å². The number of carbonyl (C=O) groups is 1. The third kappa shape index (κ3) is 2.83. The van der Waals surface area contributed by atoms with Gasteiger partial charge in [0.25, 0.3) is 0 Å². The first-order chi connectivity index (χ1) is 6.61. The Morgan fingerprint density at radius 3 is 2.50 bits per heavy atom. The molecule has 0 bridgehead atoms. The fourth-order valence-electron chi connectivity index (χ4n) is 1.20. The molecule has 1 aromatic rings. The molecule has 0 aromatic carbocycles. The lowest BCUT2D eigenvalue weighted by molar-refractivity contribution is -0.119. The van der Waals surface area contributed by atoms with Gasteiger partial charge in [0.1, 0.15) is 0 Å². The zero-order chi connectivity index (χ0) is 10.6. The second kappa shape index (κ2) is 4.74. The van der Waals surface area contributed by atoms with Gasteiger partial charge in [0.15, 0.2) is 0 Å². The molecule has 0 saturated heterocycles. The van der Waals surface area contributed by atoms with Crippen molar-refractivity contribution < 1.29 is 4.79 Å². The number of aromatic nitrogens is 1. The molecule has 0 saturated carbocycles. The van der Waals surface area contributed by atoms with Crippen LogP contribution in [0.4, 0.5) is 5.69 Å². The predicted molar refractivity (Wildman–Crippen MR) is 57.1 cm³/mol. The first-order valence-electron chi connectivity index (χ1n) is 4.78. The van der Waals surface area contributed by atoms with Crippen molar-refractivity contribution in [3.05, 3.63) is 24.5 Å². The second-order valence-electron chi connectivity index (χ2n) is 3.76. The Kier molecular flexibility index (Phi) is 3.63. The summed E-state index contributed by atoms with van der Waals surface area (Å²) in [5, 5.41) is 0. The molecule has 0 aliphatic rings. The highest BCUT2D eigenvalue weighted by Crippen LogP contribution is 2.12. The zero-order valence-corrected chi connectivity index (χ0v) is 8.90. The van der Waals surface area contributed by atoms with Gasteiger partial charge in [-0.3, -0.25) is 9.78 Å². The minimum absolute atomic E-state index is 0.145. The van der Waals surface area contributed by atoms with Gasteiger partial charge in [-0.05, 0) is 18.1 Å². The van der Waals surface area contributed by atoms with Crippen molar-refractivity contribution in [1.29, 1.82) is 0 Å². The van der Waals surface area contributed by atoms with Crippen LogP contribution in [-0.2, 0) is 4.79 Å². The van der Waals surface area contributed by atoms with E-state index in [1.165, 1.54) is 0 Å². The van der Waals surface area contributed by atoms with E-state index < -0.39 is 0 Å². The van der Waals surface area contributed by atoms with E-state index in [0.29, 0.717) is 12.3 Å². The Balaban J connectivity index is 2.66. The first kappa shape index (κ1) is 10.7. The molecule has 1 amide bonds. The molecule has 0 fully saturated rings. The highest BCUT2D eigenvalue weighted by atomic mass is 16.2. The quantitative estimate of drug-likeness (QED) is 0.734. The first-order valence-corrected chi connectivity index (χ1v) is 4.78. The average molecular weight is 192 g/mol. The molecular weight excluding hydrogens is 176 g/mol. The van der Waals surface area contributed by atoms with E-state index in [9.17, 15) is 4.79 Å². The fraction of sp³-hybridized carbons (Fsp3) is 0.455. The van der Waals surface area contributed by atoms with Gasteiger partial charge in [-0.2, -0.15) is 0 Å². The fourth-order valence-corrected chi connectivity index (χ4v) is 1.20. The van der Waals surface area contributed by atoms with Crippen molar-refractivity contribution in [2.24, 2.45) is 5.92 Å². The summed E-state index contributed by atoms with van der Waals surface area (Å²) >= 11 is 0. The molecule has 0 N–H and O–H groups in total. The van der Waals surface area contributed by atoms with Gasteiger partial charge < -0.3 is 4.90 Å². The van der Waals surface area contributed by atoms with Crippen LogP contribution < -0.4 is 4.90 Å². The predicted octanol–water partition coefficient (Wildman–Crippen LogP) is 2.09. The molecule has 0 radical (unpaired) electrons. The molecule has 3 nitrogen and oxygen atoms in total. The Morgan fingerprint density at radius 1 is 1.43 bits per heavy atom. The van der Waals surface area contributed by atoms with Crippen LogP contribution in [0.1, 0.15) is 20.3 Å². The summed E-state index contributed by atoms with van der Waals surface area (Å²) in [6.07, 6.45) is 3.96. The van der Waals surface area contributed by atoms with Crippen LogP contribution >= 0.6 is 0 Å². The van der Waals surface area contributed by atoms with Crippen molar-refractivity contribution >= 4 is 11.6 Å². The van der Waals surface area contributed by atoms with Crippen molar-refractivity contribution in [1.82, 2.24) is 4.98 Å². The van der Waals surface area contributed by atoms with Gasteiger partial charge >= 0.3 is 0 Å². The summed E-state index contributed by atoms with van der Waals surface area (Å²) in [5.74, 6) is 0.540. The molecular formula is C11H16N2O. The highest BCUT2D eigenvalue weighted by Gasteiger charge is 2.11. The average Bonchev–Trinajstić information content (AvgIpc) is 2.17. The number of amides is 1. The molecule has 1 aromatic heterocycles. The van der Waals surface area contributed by atoms with Crippen LogP contribution in [0.15, 0.2) is 24.5 Å². The summed E-state index contributed by atoms with van der Waals surface area (Å²) in [4.78, 5) is 17.2. The van der Waals surface area contributed by atoms with E-state index in [4.69, 9.17) is 0 Å². The van der Waals surface area contributed by atoms with Gasteiger partial charge in [0, 0.05) is 31.5 Å².